The molecule has 0 saturated carbocycles. The van der Waals surface area contributed by atoms with Gasteiger partial charge < -0.3 is 19.6 Å². The molecule has 2 N–H and O–H groups in total. The summed E-state index contributed by atoms with van der Waals surface area (Å²) in [6, 6.07) is 16.1. The number of rotatable bonds is 6. The number of nitrogens with zero attached hydrogens (tertiary/aromatic N) is 1. The van der Waals surface area contributed by atoms with Crippen LogP contribution in [0, 0.1) is 5.82 Å². The number of primary amides is 1. The van der Waals surface area contributed by atoms with Crippen LogP contribution in [-0.2, 0) is 4.79 Å². The van der Waals surface area contributed by atoms with Gasteiger partial charge in [0.15, 0.2) is 12.0 Å². The van der Waals surface area contributed by atoms with Gasteiger partial charge in [-0.1, -0.05) is 18.2 Å². The summed E-state index contributed by atoms with van der Waals surface area (Å²) in [4.78, 5) is 39.6. The summed E-state index contributed by atoms with van der Waals surface area (Å²) in [5.41, 5.74) is 5.90. The molecule has 2 amide bonds. The van der Waals surface area contributed by atoms with E-state index in [0.717, 1.165) is 6.07 Å². The highest BCUT2D eigenvalue weighted by atomic mass is 19.1. The van der Waals surface area contributed by atoms with E-state index in [-0.39, 0.29) is 28.9 Å². The standard InChI is InChI=1S/C26H19FN2O6/c1-33-18-4-2-3-16(12-18)29-23(14-5-8-17(9-6-14)34-13-21(28)30)22-24(31)19-11-15(27)7-10-20(19)35-25(22)26(29)32/h2-12,23H,13H2,1H3,(H2,28,30). The summed E-state index contributed by atoms with van der Waals surface area (Å²) in [5.74, 6) is -0.937. The van der Waals surface area contributed by atoms with Crippen molar-refractivity contribution in [3.8, 4) is 11.5 Å². The molecule has 2 heterocycles. The highest BCUT2D eigenvalue weighted by Crippen LogP contribution is 2.42. The summed E-state index contributed by atoms with van der Waals surface area (Å²) in [6.45, 7) is -0.291. The molecule has 1 unspecified atom stereocenters. The van der Waals surface area contributed by atoms with Crippen molar-refractivity contribution >= 4 is 28.5 Å². The molecule has 0 fully saturated rings. The quantitative estimate of drug-likeness (QED) is 0.457. The smallest absolute Gasteiger partial charge is 0.295 e. The van der Waals surface area contributed by atoms with Crippen molar-refractivity contribution in [1.82, 2.24) is 0 Å². The van der Waals surface area contributed by atoms with E-state index in [1.165, 1.54) is 24.1 Å². The molecule has 35 heavy (non-hydrogen) atoms. The number of fused-ring (bicyclic) bond motifs is 2. The monoisotopic (exact) mass is 474 g/mol. The Hall–Kier alpha value is -4.66. The van der Waals surface area contributed by atoms with Crippen LogP contribution in [-0.4, -0.2) is 25.5 Å². The van der Waals surface area contributed by atoms with Crippen molar-refractivity contribution in [2.24, 2.45) is 5.73 Å². The molecule has 0 bridgehead atoms. The average Bonchev–Trinajstić information content (AvgIpc) is 3.16. The van der Waals surface area contributed by atoms with Crippen LogP contribution in [0.3, 0.4) is 0 Å². The third kappa shape index (κ3) is 3.86. The SMILES string of the molecule is COc1cccc(N2C(=O)c3oc4ccc(F)cc4c(=O)c3C2c2ccc(OCC(N)=O)cc2)c1. The Morgan fingerprint density at radius 2 is 1.83 bits per heavy atom. The number of amides is 2. The maximum Gasteiger partial charge on any atom is 0.295 e. The number of anilines is 1. The summed E-state index contributed by atoms with van der Waals surface area (Å²) in [7, 11) is 1.51. The Morgan fingerprint density at radius 1 is 1.06 bits per heavy atom. The largest absolute Gasteiger partial charge is 0.497 e. The van der Waals surface area contributed by atoms with Gasteiger partial charge in [0.1, 0.15) is 22.9 Å². The zero-order valence-corrected chi connectivity index (χ0v) is 18.5. The molecule has 5 rings (SSSR count). The fraction of sp³-hybridized carbons (Fsp3) is 0.115. The van der Waals surface area contributed by atoms with Crippen LogP contribution in [0.5, 0.6) is 11.5 Å². The summed E-state index contributed by atoms with van der Waals surface area (Å²) in [5, 5.41) is 0.0375. The normalized spacial score (nSPS) is 14.7. The Labute approximate surface area is 198 Å². The molecule has 0 radical (unpaired) electrons. The van der Waals surface area contributed by atoms with Gasteiger partial charge in [-0.15, -0.1) is 0 Å². The molecule has 9 heteroatoms. The number of hydrogen-bond acceptors (Lipinski definition) is 6. The first-order valence-electron chi connectivity index (χ1n) is 10.6. The zero-order chi connectivity index (χ0) is 24.7. The number of carbonyl (C=O) groups is 2. The topological polar surface area (TPSA) is 112 Å². The number of carbonyl (C=O) groups excluding carboxylic acids is 2. The number of nitrogens with two attached hydrogens (primary N) is 1. The van der Waals surface area contributed by atoms with Crippen LogP contribution >= 0.6 is 0 Å². The van der Waals surface area contributed by atoms with Gasteiger partial charge in [-0.25, -0.2) is 4.39 Å². The predicted molar refractivity (Wildman–Crippen MR) is 125 cm³/mol. The molecule has 176 valence electrons. The highest BCUT2D eigenvalue weighted by molar-refractivity contribution is 6.10. The Morgan fingerprint density at radius 3 is 2.54 bits per heavy atom. The molecular weight excluding hydrogens is 455 g/mol. The number of halogens is 1. The molecule has 0 saturated heterocycles. The lowest BCUT2D eigenvalue weighted by Gasteiger charge is -2.25. The van der Waals surface area contributed by atoms with E-state index < -0.39 is 29.1 Å². The van der Waals surface area contributed by atoms with Crippen LogP contribution < -0.4 is 25.5 Å². The summed E-state index contributed by atoms with van der Waals surface area (Å²) in [6.07, 6.45) is 0. The van der Waals surface area contributed by atoms with E-state index in [0.29, 0.717) is 22.7 Å². The van der Waals surface area contributed by atoms with Crippen LogP contribution in [0.2, 0.25) is 0 Å². The van der Waals surface area contributed by atoms with Gasteiger partial charge in [0, 0.05) is 11.8 Å². The Balaban J connectivity index is 1.70. The minimum atomic E-state index is -0.862. The van der Waals surface area contributed by atoms with Gasteiger partial charge in [-0.3, -0.25) is 19.3 Å². The fourth-order valence-electron chi connectivity index (χ4n) is 4.19. The third-order valence-corrected chi connectivity index (χ3v) is 5.74. The third-order valence-electron chi connectivity index (χ3n) is 5.74. The minimum Gasteiger partial charge on any atom is -0.497 e. The van der Waals surface area contributed by atoms with Gasteiger partial charge in [0.2, 0.25) is 5.76 Å². The summed E-state index contributed by atoms with van der Waals surface area (Å²) < 4.78 is 30.4. The second-order valence-corrected chi connectivity index (χ2v) is 7.92. The predicted octanol–water partition coefficient (Wildman–Crippen LogP) is 3.55. The van der Waals surface area contributed by atoms with Crippen molar-refractivity contribution in [3.05, 3.63) is 99.7 Å². The first kappa shape index (κ1) is 22.1. The fourth-order valence-corrected chi connectivity index (χ4v) is 4.19. The van der Waals surface area contributed by atoms with E-state index >= 15 is 0 Å². The molecule has 1 aliphatic rings. The lowest BCUT2D eigenvalue weighted by molar-refractivity contribution is -0.119. The number of methoxy groups -OCH3 is 1. The maximum atomic E-state index is 13.9. The average molecular weight is 474 g/mol. The lowest BCUT2D eigenvalue weighted by atomic mass is 9.98. The first-order chi connectivity index (χ1) is 16.9. The van der Waals surface area contributed by atoms with E-state index in [1.54, 1.807) is 48.5 Å². The molecule has 0 aliphatic carbocycles. The van der Waals surface area contributed by atoms with E-state index in [4.69, 9.17) is 19.6 Å². The van der Waals surface area contributed by atoms with Gasteiger partial charge in [0.25, 0.3) is 11.8 Å². The highest BCUT2D eigenvalue weighted by Gasteiger charge is 2.43. The molecule has 3 aromatic carbocycles. The van der Waals surface area contributed by atoms with Crippen molar-refractivity contribution in [2.75, 3.05) is 18.6 Å². The second kappa shape index (κ2) is 8.60. The van der Waals surface area contributed by atoms with Crippen LogP contribution in [0.1, 0.15) is 27.7 Å². The van der Waals surface area contributed by atoms with Crippen molar-refractivity contribution in [3.63, 3.8) is 0 Å². The second-order valence-electron chi connectivity index (χ2n) is 7.92. The van der Waals surface area contributed by atoms with E-state index in [2.05, 4.69) is 0 Å². The maximum absolute atomic E-state index is 13.9. The zero-order valence-electron chi connectivity index (χ0n) is 18.5. The summed E-state index contributed by atoms with van der Waals surface area (Å²) >= 11 is 0. The van der Waals surface area contributed by atoms with Crippen LogP contribution in [0.25, 0.3) is 11.0 Å². The Bertz CT molecular complexity index is 1530. The van der Waals surface area contributed by atoms with Crippen molar-refractivity contribution in [1.29, 1.82) is 0 Å². The first-order valence-corrected chi connectivity index (χ1v) is 10.6. The Kier molecular flexibility index (Phi) is 5.44. The number of benzene rings is 3. The van der Waals surface area contributed by atoms with Crippen LogP contribution in [0.15, 0.2) is 75.9 Å². The molecule has 1 aromatic heterocycles. The van der Waals surface area contributed by atoms with Gasteiger partial charge in [-0.2, -0.15) is 0 Å². The number of hydrogen-bond donors (Lipinski definition) is 1. The minimum absolute atomic E-state index is 0.0375. The van der Waals surface area contributed by atoms with Crippen molar-refractivity contribution < 1.29 is 27.9 Å². The molecule has 1 atom stereocenters. The molecule has 8 nitrogen and oxygen atoms in total. The van der Waals surface area contributed by atoms with E-state index in [9.17, 15) is 18.8 Å². The molecule has 4 aromatic rings. The molecule has 1 aliphatic heterocycles. The van der Waals surface area contributed by atoms with Crippen LogP contribution in [0.4, 0.5) is 10.1 Å². The number of ether oxygens (including phenoxy) is 2. The van der Waals surface area contributed by atoms with Gasteiger partial charge in [-0.05, 0) is 48.0 Å². The lowest BCUT2D eigenvalue weighted by Crippen LogP contribution is -2.29. The molecule has 0 spiro atoms. The van der Waals surface area contributed by atoms with Gasteiger partial charge in [0.05, 0.1) is 24.1 Å². The van der Waals surface area contributed by atoms with E-state index in [1.807, 2.05) is 0 Å². The van der Waals surface area contributed by atoms with Gasteiger partial charge >= 0.3 is 0 Å². The van der Waals surface area contributed by atoms with Crippen molar-refractivity contribution in [2.45, 2.75) is 6.04 Å². The molecular formula is C26H19FN2O6.